The van der Waals surface area contributed by atoms with Gasteiger partial charge in [-0.3, -0.25) is 9.78 Å². The van der Waals surface area contributed by atoms with E-state index in [-0.39, 0.29) is 35.3 Å². The molecule has 5 rings (SSSR count). The van der Waals surface area contributed by atoms with E-state index in [4.69, 9.17) is 0 Å². The fraction of sp³-hybridized carbons (Fsp3) is 0.290. The number of pyridine rings is 1. The van der Waals surface area contributed by atoms with E-state index in [1.807, 2.05) is 17.0 Å². The van der Waals surface area contributed by atoms with Gasteiger partial charge >= 0.3 is 0 Å². The Kier molecular flexibility index (Phi) is 7.46. The predicted molar refractivity (Wildman–Crippen MR) is 157 cm³/mol. The second-order valence-corrected chi connectivity index (χ2v) is 13.7. The Morgan fingerprint density at radius 1 is 1.13 bits per heavy atom. The summed E-state index contributed by atoms with van der Waals surface area (Å²) in [5.41, 5.74) is 3.76. The molecule has 2 aromatic heterocycles. The number of hydrogen-bond donors (Lipinski definition) is 0. The third kappa shape index (κ3) is 5.29. The van der Waals surface area contributed by atoms with Gasteiger partial charge in [0, 0.05) is 29.5 Å². The van der Waals surface area contributed by atoms with E-state index >= 15 is 0 Å². The minimum Gasteiger partial charge on any atom is -0.330 e. The molecule has 1 amide bonds. The van der Waals surface area contributed by atoms with Crippen LogP contribution in [0.3, 0.4) is 0 Å². The van der Waals surface area contributed by atoms with Crippen LogP contribution in [-0.4, -0.2) is 48.1 Å². The molecule has 1 unspecified atom stereocenters. The number of nitrogens with zero attached hydrogens (tertiary/aromatic N) is 3. The largest absolute Gasteiger partial charge is 0.330 e. The average molecular weight is 560 g/mol. The maximum atomic E-state index is 13.9. The molecule has 1 atom stereocenters. The molecule has 39 heavy (non-hydrogen) atoms. The Morgan fingerprint density at radius 3 is 2.59 bits per heavy atom. The Bertz CT molecular complexity index is 1610. The monoisotopic (exact) mass is 559 g/mol. The van der Waals surface area contributed by atoms with E-state index in [1.54, 1.807) is 35.7 Å². The number of thiophene rings is 1. The molecule has 0 saturated carbocycles. The number of fused-ring (bicyclic) bond motifs is 2. The van der Waals surface area contributed by atoms with Gasteiger partial charge in [-0.1, -0.05) is 69.3 Å². The lowest BCUT2D eigenvalue weighted by Crippen LogP contribution is -2.46. The zero-order valence-electron chi connectivity index (χ0n) is 22.5. The molecule has 202 valence electrons. The number of benzene rings is 2. The van der Waals surface area contributed by atoms with E-state index in [0.29, 0.717) is 12.1 Å². The van der Waals surface area contributed by atoms with Crippen LogP contribution in [0.4, 0.5) is 0 Å². The molecule has 0 bridgehead atoms. The summed E-state index contributed by atoms with van der Waals surface area (Å²) in [4.78, 5) is 21.4. The van der Waals surface area contributed by atoms with Crippen molar-refractivity contribution in [3.8, 4) is 0 Å². The SMILES string of the molecule is C=CCN(CC(=O)N1CCc2sccc2C1c1ccc(C(C)(C)C)cc1)S(=O)(=O)c1cccc2cccnc12. The molecule has 0 N–H and O–H groups in total. The van der Waals surface area contributed by atoms with Gasteiger partial charge in [0.05, 0.1) is 18.1 Å². The van der Waals surface area contributed by atoms with Crippen LogP contribution in [-0.2, 0) is 26.7 Å². The van der Waals surface area contributed by atoms with Crippen molar-refractivity contribution in [3.63, 3.8) is 0 Å². The maximum absolute atomic E-state index is 13.9. The first-order valence-corrected chi connectivity index (χ1v) is 15.3. The molecule has 8 heteroatoms. The summed E-state index contributed by atoms with van der Waals surface area (Å²) in [6.07, 6.45) is 3.84. The fourth-order valence-electron chi connectivity index (χ4n) is 5.17. The highest BCUT2D eigenvalue weighted by Gasteiger charge is 2.36. The van der Waals surface area contributed by atoms with Gasteiger partial charge in [0.15, 0.2) is 0 Å². The van der Waals surface area contributed by atoms with Crippen LogP contribution in [0.1, 0.15) is 48.4 Å². The molecule has 0 radical (unpaired) electrons. The van der Waals surface area contributed by atoms with Gasteiger partial charge < -0.3 is 4.90 Å². The van der Waals surface area contributed by atoms with Crippen LogP contribution in [0.15, 0.2) is 89.8 Å². The predicted octanol–water partition coefficient (Wildman–Crippen LogP) is 5.94. The second-order valence-electron chi connectivity index (χ2n) is 10.8. The van der Waals surface area contributed by atoms with Crippen LogP contribution >= 0.6 is 11.3 Å². The topological polar surface area (TPSA) is 70.6 Å². The van der Waals surface area contributed by atoms with Crippen LogP contribution in [0.2, 0.25) is 0 Å². The summed E-state index contributed by atoms with van der Waals surface area (Å²) in [6, 6.07) is 18.9. The first-order valence-electron chi connectivity index (χ1n) is 13.0. The van der Waals surface area contributed by atoms with Gasteiger partial charge in [0.1, 0.15) is 4.90 Å². The molecule has 0 fully saturated rings. The molecule has 2 aromatic carbocycles. The smallest absolute Gasteiger partial charge is 0.246 e. The Morgan fingerprint density at radius 2 is 1.87 bits per heavy atom. The number of carbonyl (C=O) groups excluding carboxylic acids is 1. The van der Waals surface area contributed by atoms with Gasteiger partial charge in [-0.15, -0.1) is 17.9 Å². The summed E-state index contributed by atoms with van der Waals surface area (Å²) < 4.78 is 28.9. The fourth-order valence-corrected chi connectivity index (χ4v) is 7.60. The van der Waals surface area contributed by atoms with E-state index in [1.165, 1.54) is 20.8 Å². The van der Waals surface area contributed by atoms with Gasteiger partial charge in [-0.2, -0.15) is 4.31 Å². The molecule has 0 saturated heterocycles. The van der Waals surface area contributed by atoms with Gasteiger partial charge in [-0.25, -0.2) is 8.42 Å². The molecule has 0 aliphatic carbocycles. The van der Waals surface area contributed by atoms with E-state index < -0.39 is 10.0 Å². The van der Waals surface area contributed by atoms with Crippen molar-refractivity contribution in [2.75, 3.05) is 19.6 Å². The van der Waals surface area contributed by atoms with Crippen LogP contribution in [0.5, 0.6) is 0 Å². The quantitative estimate of drug-likeness (QED) is 0.263. The van der Waals surface area contributed by atoms with Crippen LogP contribution in [0, 0.1) is 0 Å². The van der Waals surface area contributed by atoms with Crippen LogP contribution in [0.25, 0.3) is 10.9 Å². The van der Waals surface area contributed by atoms with Crippen molar-refractivity contribution in [3.05, 3.63) is 106 Å². The van der Waals surface area contributed by atoms with E-state index in [9.17, 15) is 13.2 Å². The van der Waals surface area contributed by atoms with Crippen molar-refractivity contribution in [2.24, 2.45) is 0 Å². The number of amides is 1. The lowest BCUT2D eigenvalue weighted by molar-refractivity contribution is -0.133. The zero-order chi connectivity index (χ0) is 27.8. The van der Waals surface area contributed by atoms with Gasteiger partial charge in [0.25, 0.3) is 0 Å². The minimum atomic E-state index is -4.02. The van der Waals surface area contributed by atoms with Gasteiger partial charge in [0.2, 0.25) is 15.9 Å². The molecule has 3 heterocycles. The normalized spacial score (nSPS) is 15.9. The minimum absolute atomic E-state index is 0.0137. The number of para-hydroxylation sites is 1. The first kappa shape index (κ1) is 27.2. The summed E-state index contributed by atoms with van der Waals surface area (Å²) in [5, 5.41) is 2.79. The summed E-state index contributed by atoms with van der Waals surface area (Å²) >= 11 is 1.71. The lowest BCUT2D eigenvalue weighted by atomic mass is 9.85. The molecule has 1 aliphatic rings. The van der Waals surface area contributed by atoms with Crippen LogP contribution < -0.4 is 0 Å². The van der Waals surface area contributed by atoms with Crippen molar-refractivity contribution < 1.29 is 13.2 Å². The van der Waals surface area contributed by atoms with Crippen molar-refractivity contribution in [1.82, 2.24) is 14.2 Å². The Balaban J connectivity index is 1.49. The number of aromatic nitrogens is 1. The number of hydrogen-bond acceptors (Lipinski definition) is 5. The molecular weight excluding hydrogens is 526 g/mol. The first-order chi connectivity index (χ1) is 18.6. The number of sulfonamides is 1. The van der Waals surface area contributed by atoms with Crippen molar-refractivity contribution >= 4 is 38.2 Å². The summed E-state index contributed by atoms with van der Waals surface area (Å²) in [5.74, 6) is -0.240. The zero-order valence-corrected chi connectivity index (χ0v) is 24.1. The molecule has 0 spiro atoms. The summed E-state index contributed by atoms with van der Waals surface area (Å²) in [7, 11) is -4.02. The Hall–Kier alpha value is -3.33. The number of rotatable bonds is 7. The highest BCUT2D eigenvalue weighted by Crippen LogP contribution is 2.39. The van der Waals surface area contributed by atoms with E-state index in [0.717, 1.165) is 22.9 Å². The third-order valence-electron chi connectivity index (χ3n) is 7.24. The lowest BCUT2D eigenvalue weighted by Gasteiger charge is -2.37. The van der Waals surface area contributed by atoms with Crippen molar-refractivity contribution in [1.29, 1.82) is 0 Å². The maximum Gasteiger partial charge on any atom is 0.246 e. The molecule has 6 nitrogen and oxygen atoms in total. The molecule has 4 aromatic rings. The highest BCUT2D eigenvalue weighted by atomic mass is 32.2. The second kappa shape index (κ2) is 10.7. The van der Waals surface area contributed by atoms with Crippen molar-refractivity contribution in [2.45, 2.75) is 43.5 Å². The van der Waals surface area contributed by atoms with Gasteiger partial charge in [-0.05, 0) is 52.1 Å². The number of carbonyl (C=O) groups is 1. The molecule has 1 aliphatic heterocycles. The summed E-state index contributed by atoms with van der Waals surface area (Å²) in [6.45, 7) is 10.5. The third-order valence-corrected chi connectivity index (χ3v) is 10.1. The van der Waals surface area contributed by atoms with E-state index in [2.05, 4.69) is 68.0 Å². The Labute approximate surface area is 234 Å². The standard InChI is InChI=1S/C31H33N3O3S2/c1-5-18-33(39(36,37)27-10-6-8-22-9-7-17-32-29(22)27)21-28(35)34-19-15-26-25(16-20-38-26)30(34)23-11-13-24(14-12-23)31(2,3)4/h5-14,16-17,20,30H,1,15,18-19,21H2,2-4H3. The highest BCUT2D eigenvalue weighted by molar-refractivity contribution is 7.89. The average Bonchev–Trinajstić information content (AvgIpc) is 3.40. The molecular formula is C31H33N3O3S2.